The molecule has 1 heterocycles. The number of nitrogens with two attached hydrogens (primary N) is 1. The molecule has 1 saturated heterocycles. The van der Waals surface area contributed by atoms with Crippen LogP contribution in [0.25, 0.3) is 0 Å². The Hall–Kier alpha value is -1.51. The minimum atomic E-state index is 0.665. The van der Waals surface area contributed by atoms with Crippen LogP contribution in [-0.4, -0.2) is 23.9 Å². The van der Waals surface area contributed by atoms with Gasteiger partial charge in [-0.1, -0.05) is 12.1 Å². The third-order valence-electron chi connectivity index (χ3n) is 3.49. The van der Waals surface area contributed by atoms with E-state index >= 15 is 0 Å². The van der Waals surface area contributed by atoms with Crippen LogP contribution in [0.1, 0.15) is 30.4 Å². The van der Waals surface area contributed by atoms with Gasteiger partial charge >= 0.3 is 0 Å². The quantitative estimate of drug-likeness (QED) is 0.596. The molecule has 3 nitrogen and oxygen atoms in total. The van der Waals surface area contributed by atoms with Crippen LogP contribution in [0.15, 0.2) is 23.2 Å². The molecule has 3 heteroatoms. The number of benzene rings is 1. The third-order valence-corrected chi connectivity index (χ3v) is 3.49. The summed E-state index contributed by atoms with van der Waals surface area (Å²) in [7, 11) is 0. The number of aryl methyl sites for hydroxylation is 1. The molecule has 92 valence electrons. The zero-order valence-corrected chi connectivity index (χ0v) is 10.7. The molecule has 0 atom stereocenters. The molecule has 0 bridgehead atoms. The predicted octanol–water partition coefficient (Wildman–Crippen LogP) is 2.74. The van der Waals surface area contributed by atoms with E-state index in [1.165, 1.54) is 30.4 Å². The third kappa shape index (κ3) is 2.78. The smallest absolute Gasteiger partial charge is 0.196 e. The van der Waals surface area contributed by atoms with Crippen LogP contribution in [0.4, 0.5) is 5.69 Å². The summed E-state index contributed by atoms with van der Waals surface area (Å²) in [4.78, 5) is 6.75. The van der Waals surface area contributed by atoms with Crippen molar-refractivity contribution < 1.29 is 0 Å². The topological polar surface area (TPSA) is 41.6 Å². The summed E-state index contributed by atoms with van der Waals surface area (Å²) < 4.78 is 0. The largest absolute Gasteiger partial charge is 0.369 e. The van der Waals surface area contributed by atoms with Crippen molar-refractivity contribution in [1.82, 2.24) is 4.90 Å². The fourth-order valence-electron chi connectivity index (χ4n) is 2.17. The van der Waals surface area contributed by atoms with Gasteiger partial charge in [-0.2, -0.15) is 0 Å². The van der Waals surface area contributed by atoms with Gasteiger partial charge in [0.05, 0.1) is 5.69 Å². The summed E-state index contributed by atoms with van der Waals surface area (Å²) in [6, 6.07) is 6.16. The Labute approximate surface area is 103 Å². The van der Waals surface area contributed by atoms with Crippen LogP contribution in [0, 0.1) is 13.8 Å². The van der Waals surface area contributed by atoms with E-state index in [1.54, 1.807) is 0 Å². The fourth-order valence-corrected chi connectivity index (χ4v) is 2.17. The lowest BCUT2D eigenvalue weighted by Crippen LogP contribution is -2.40. The van der Waals surface area contributed by atoms with Crippen LogP contribution in [0.2, 0.25) is 0 Å². The number of rotatable bonds is 1. The van der Waals surface area contributed by atoms with Crippen LogP contribution in [-0.2, 0) is 0 Å². The summed E-state index contributed by atoms with van der Waals surface area (Å²) in [5.41, 5.74) is 9.55. The van der Waals surface area contributed by atoms with Gasteiger partial charge in [-0.3, -0.25) is 0 Å². The average Bonchev–Trinajstić information content (AvgIpc) is 2.36. The molecule has 1 aromatic rings. The zero-order chi connectivity index (χ0) is 12.3. The number of guanidine groups is 1. The van der Waals surface area contributed by atoms with Crippen molar-refractivity contribution in [3.8, 4) is 0 Å². The first-order chi connectivity index (χ1) is 8.18. The first-order valence-electron chi connectivity index (χ1n) is 6.34. The second kappa shape index (κ2) is 5.21. The van der Waals surface area contributed by atoms with Gasteiger partial charge in [0.25, 0.3) is 0 Å². The van der Waals surface area contributed by atoms with E-state index in [0.29, 0.717) is 5.96 Å². The SMILES string of the molecule is Cc1cccc(N=C(N)N2CCCCC2)c1C. The van der Waals surface area contributed by atoms with E-state index in [4.69, 9.17) is 5.73 Å². The summed E-state index contributed by atoms with van der Waals surface area (Å²) in [6.45, 7) is 6.28. The zero-order valence-electron chi connectivity index (χ0n) is 10.7. The molecule has 1 fully saturated rings. The number of likely N-dealkylation sites (tertiary alicyclic amines) is 1. The van der Waals surface area contributed by atoms with Crippen molar-refractivity contribution in [2.75, 3.05) is 13.1 Å². The van der Waals surface area contributed by atoms with E-state index in [2.05, 4.69) is 29.8 Å². The van der Waals surface area contributed by atoms with Gasteiger partial charge in [0.15, 0.2) is 5.96 Å². The van der Waals surface area contributed by atoms with E-state index in [-0.39, 0.29) is 0 Å². The van der Waals surface area contributed by atoms with E-state index in [9.17, 15) is 0 Å². The second-order valence-electron chi connectivity index (χ2n) is 4.74. The maximum atomic E-state index is 6.08. The summed E-state index contributed by atoms with van der Waals surface area (Å²) >= 11 is 0. The monoisotopic (exact) mass is 231 g/mol. The summed E-state index contributed by atoms with van der Waals surface area (Å²) in [6.07, 6.45) is 3.76. The van der Waals surface area contributed by atoms with Gasteiger partial charge in [0.1, 0.15) is 0 Å². The number of nitrogens with zero attached hydrogens (tertiary/aromatic N) is 2. The number of aliphatic imine (C=N–C) groups is 1. The molecule has 2 rings (SSSR count). The molecule has 17 heavy (non-hydrogen) atoms. The van der Waals surface area contributed by atoms with Crippen molar-refractivity contribution in [1.29, 1.82) is 0 Å². The normalized spacial score (nSPS) is 17.3. The van der Waals surface area contributed by atoms with Gasteiger partial charge in [-0.15, -0.1) is 0 Å². The maximum absolute atomic E-state index is 6.08. The average molecular weight is 231 g/mol. The molecule has 2 N–H and O–H groups in total. The predicted molar refractivity (Wildman–Crippen MR) is 72.6 cm³/mol. The molecule has 1 aliphatic heterocycles. The van der Waals surface area contributed by atoms with Gasteiger partial charge < -0.3 is 10.6 Å². The minimum Gasteiger partial charge on any atom is -0.369 e. The molecule has 0 aromatic heterocycles. The van der Waals surface area contributed by atoms with Crippen LogP contribution in [0.5, 0.6) is 0 Å². The highest BCUT2D eigenvalue weighted by Gasteiger charge is 2.12. The van der Waals surface area contributed by atoms with Gasteiger partial charge in [0.2, 0.25) is 0 Å². The molecule has 0 aliphatic carbocycles. The molecule has 1 aromatic carbocycles. The Kier molecular flexibility index (Phi) is 3.67. The lowest BCUT2D eigenvalue weighted by molar-refractivity contribution is 0.339. The van der Waals surface area contributed by atoms with E-state index in [1.807, 2.05) is 12.1 Å². The highest BCUT2D eigenvalue weighted by atomic mass is 15.3. The lowest BCUT2D eigenvalue weighted by Gasteiger charge is -2.27. The standard InChI is InChI=1S/C14H21N3/c1-11-7-6-8-13(12(11)2)16-14(15)17-9-4-3-5-10-17/h6-8H,3-5,9-10H2,1-2H3,(H2,15,16). The molecule has 0 saturated carbocycles. The maximum Gasteiger partial charge on any atom is 0.196 e. The fraction of sp³-hybridized carbons (Fsp3) is 0.500. The first-order valence-corrected chi connectivity index (χ1v) is 6.34. The van der Waals surface area contributed by atoms with Gasteiger partial charge in [-0.25, -0.2) is 4.99 Å². The molecule has 0 spiro atoms. The number of hydrogen-bond acceptors (Lipinski definition) is 1. The molecule has 1 aliphatic rings. The Morgan fingerprint density at radius 1 is 1.18 bits per heavy atom. The van der Waals surface area contributed by atoms with Crippen molar-refractivity contribution in [3.05, 3.63) is 29.3 Å². The summed E-state index contributed by atoms with van der Waals surface area (Å²) in [5, 5.41) is 0. The van der Waals surface area contributed by atoms with Crippen molar-refractivity contribution >= 4 is 11.6 Å². The highest BCUT2D eigenvalue weighted by Crippen LogP contribution is 2.21. The van der Waals surface area contributed by atoms with E-state index < -0.39 is 0 Å². The molecular weight excluding hydrogens is 210 g/mol. The Bertz CT molecular complexity index is 417. The number of piperidine rings is 1. The Morgan fingerprint density at radius 2 is 1.88 bits per heavy atom. The molecule has 0 unspecified atom stereocenters. The van der Waals surface area contributed by atoms with E-state index in [0.717, 1.165) is 18.8 Å². The van der Waals surface area contributed by atoms with Crippen LogP contribution < -0.4 is 5.73 Å². The summed E-state index contributed by atoms with van der Waals surface area (Å²) in [5.74, 6) is 0.665. The van der Waals surface area contributed by atoms with Gasteiger partial charge in [0, 0.05) is 13.1 Å². The molecular formula is C14H21N3. The van der Waals surface area contributed by atoms with Crippen LogP contribution in [0.3, 0.4) is 0 Å². The second-order valence-corrected chi connectivity index (χ2v) is 4.74. The lowest BCUT2D eigenvalue weighted by atomic mass is 10.1. The highest BCUT2D eigenvalue weighted by molar-refractivity contribution is 5.81. The Morgan fingerprint density at radius 3 is 2.59 bits per heavy atom. The minimum absolute atomic E-state index is 0.665. The first kappa shape index (κ1) is 12.0. The number of hydrogen-bond donors (Lipinski definition) is 1. The molecule has 0 amide bonds. The van der Waals surface area contributed by atoms with Crippen molar-refractivity contribution in [2.45, 2.75) is 33.1 Å². The van der Waals surface area contributed by atoms with Gasteiger partial charge in [-0.05, 0) is 50.3 Å². The van der Waals surface area contributed by atoms with Crippen molar-refractivity contribution in [3.63, 3.8) is 0 Å². The van der Waals surface area contributed by atoms with Crippen LogP contribution >= 0.6 is 0 Å². The Balaban J connectivity index is 2.19. The molecule has 0 radical (unpaired) electrons. The van der Waals surface area contributed by atoms with Crippen molar-refractivity contribution in [2.24, 2.45) is 10.7 Å².